The third-order valence-electron chi connectivity index (χ3n) is 2.47. The number of amides is 2. The summed E-state index contributed by atoms with van der Waals surface area (Å²) in [6.07, 6.45) is 3.03. The van der Waals surface area contributed by atoms with Gasteiger partial charge in [0.25, 0.3) is 5.91 Å². The van der Waals surface area contributed by atoms with Crippen molar-refractivity contribution in [1.29, 1.82) is 0 Å². The van der Waals surface area contributed by atoms with E-state index in [1.54, 1.807) is 18.3 Å². The molecule has 1 fully saturated rings. The third-order valence-corrected chi connectivity index (χ3v) is 2.47. The lowest BCUT2D eigenvalue weighted by atomic mass is 9.94. The number of carbonyl (C=O) groups excluding carboxylic acids is 2. The molecule has 2 heterocycles. The molecule has 0 radical (unpaired) electrons. The van der Waals surface area contributed by atoms with Gasteiger partial charge in [0.2, 0.25) is 5.91 Å². The van der Waals surface area contributed by atoms with Crippen molar-refractivity contribution in [3.63, 3.8) is 0 Å². The van der Waals surface area contributed by atoms with E-state index in [2.05, 4.69) is 10.3 Å². The van der Waals surface area contributed by atoms with Crippen molar-refractivity contribution in [2.45, 2.75) is 12.0 Å². The van der Waals surface area contributed by atoms with E-state index in [4.69, 9.17) is 10.5 Å². The number of carbonyl (C=O) groups is 2. The van der Waals surface area contributed by atoms with Crippen molar-refractivity contribution in [1.82, 2.24) is 10.3 Å². The van der Waals surface area contributed by atoms with Gasteiger partial charge >= 0.3 is 0 Å². The Morgan fingerprint density at radius 3 is 2.82 bits per heavy atom. The van der Waals surface area contributed by atoms with Gasteiger partial charge in [-0.05, 0) is 12.1 Å². The minimum atomic E-state index is -0.626. The van der Waals surface area contributed by atoms with E-state index >= 15 is 0 Å². The SMILES string of the molecule is NC1(CC(=O)NC(=O)c2cccnc2)COC1. The van der Waals surface area contributed by atoms with E-state index < -0.39 is 17.4 Å². The summed E-state index contributed by atoms with van der Waals surface area (Å²) in [4.78, 5) is 26.9. The van der Waals surface area contributed by atoms with Crippen LogP contribution < -0.4 is 11.1 Å². The molecule has 1 saturated heterocycles. The minimum Gasteiger partial charge on any atom is -0.377 e. The number of rotatable bonds is 3. The van der Waals surface area contributed by atoms with Crippen LogP contribution in [0.4, 0.5) is 0 Å². The maximum Gasteiger partial charge on any atom is 0.259 e. The molecule has 3 N–H and O–H groups in total. The predicted octanol–water partition coefficient (Wildman–Crippen LogP) is -0.544. The summed E-state index contributed by atoms with van der Waals surface area (Å²) < 4.78 is 4.93. The van der Waals surface area contributed by atoms with Crippen LogP contribution in [0.15, 0.2) is 24.5 Å². The van der Waals surface area contributed by atoms with Gasteiger partial charge in [-0.1, -0.05) is 0 Å². The average Bonchev–Trinajstić information content (AvgIpc) is 2.28. The molecule has 0 saturated carbocycles. The van der Waals surface area contributed by atoms with Gasteiger partial charge in [-0.3, -0.25) is 19.9 Å². The fourth-order valence-corrected chi connectivity index (χ4v) is 1.53. The molecule has 1 aliphatic rings. The van der Waals surface area contributed by atoms with E-state index in [1.807, 2.05) is 0 Å². The van der Waals surface area contributed by atoms with Gasteiger partial charge in [-0.2, -0.15) is 0 Å². The summed E-state index contributed by atoms with van der Waals surface area (Å²) >= 11 is 0. The number of nitrogens with one attached hydrogen (secondary N) is 1. The number of hydrogen-bond acceptors (Lipinski definition) is 5. The van der Waals surface area contributed by atoms with E-state index in [0.717, 1.165) is 0 Å². The second-order valence-electron chi connectivity index (χ2n) is 4.15. The zero-order chi connectivity index (χ0) is 12.3. The summed E-state index contributed by atoms with van der Waals surface area (Å²) in [6, 6.07) is 3.21. The lowest BCUT2D eigenvalue weighted by Crippen LogP contribution is -2.59. The number of imide groups is 1. The summed E-state index contributed by atoms with van der Waals surface area (Å²) in [5.74, 6) is -0.864. The third kappa shape index (κ3) is 2.86. The lowest BCUT2D eigenvalue weighted by molar-refractivity contribution is -0.127. The van der Waals surface area contributed by atoms with Gasteiger partial charge < -0.3 is 10.5 Å². The maximum atomic E-state index is 11.6. The number of nitrogens with two attached hydrogens (primary N) is 1. The summed E-state index contributed by atoms with van der Waals surface area (Å²) in [7, 11) is 0. The monoisotopic (exact) mass is 235 g/mol. The van der Waals surface area contributed by atoms with Crippen LogP contribution in [-0.2, 0) is 9.53 Å². The van der Waals surface area contributed by atoms with Gasteiger partial charge in [0.15, 0.2) is 0 Å². The standard InChI is InChI=1S/C11H13N3O3/c12-11(6-17-7-11)4-9(15)14-10(16)8-2-1-3-13-5-8/h1-3,5H,4,6-7,12H2,(H,14,15,16). The van der Waals surface area contributed by atoms with E-state index in [1.165, 1.54) is 6.20 Å². The van der Waals surface area contributed by atoms with Crippen LogP contribution in [0.2, 0.25) is 0 Å². The van der Waals surface area contributed by atoms with Crippen molar-refractivity contribution in [3.8, 4) is 0 Å². The zero-order valence-corrected chi connectivity index (χ0v) is 9.18. The van der Waals surface area contributed by atoms with E-state index in [0.29, 0.717) is 18.8 Å². The normalized spacial score (nSPS) is 17.0. The molecule has 0 aliphatic carbocycles. The Balaban J connectivity index is 1.89. The summed E-state index contributed by atoms with van der Waals surface area (Å²) in [5.41, 5.74) is 5.53. The van der Waals surface area contributed by atoms with Crippen LogP contribution in [0.3, 0.4) is 0 Å². The van der Waals surface area contributed by atoms with Gasteiger partial charge in [-0.25, -0.2) is 0 Å². The molecule has 0 bridgehead atoms. The smallest absolute Gasteiger partial charge is 0.259 e. The molecule has 90 valence electrons. The van der Waals surface area contributed by atoms with Crippen LogP contribution in [-0.4, -0.2) is 35.6 Å². The highest BCUT2D eigenvalue weighted by atomic mass is 16.5. The van der Waals surface area contributed by atoms with Crippen molar-refractivity contribution >= 4 is 11.8 Å². The fraction of sp³-hybridized carbons (Fsp3) is 0.364. The number of aromatic nitrogens is 1. The highest BCUT2D eigenvalue weighted by molar-refractivity contribution is 6.04. The number of hydrogen-bond donors (Lipinski definition) is 2. The number of nitrogens with zero attached hydrogens (tertiary/aromatic N) is 1. The van der Waals surface area contributed by atoms with E-state index in [-0.39, 0.29) is 6.42 Å². The molecular weight excluding hydrogens is 222 g/mol. The molecule has 0 unspecified atom stereocenters. The number of ether oxygens (including phenoxy) is 1. The molecule has 2 rings (SSSR count). The first-order valence-electron chi connectivity index (χ1n) is 5.20. The maximum absolute atomic E-state index is 11.6. The average molecular weight is 235 g/mol. The van der Waals surface area contributed by atoms with Crippen LogP contribution in [0.1, 0.15) is 16.8 Å². The Morgan fingerprint density at radius 2 is 2.29 bits per heavy atom. The van der Waals surface area contributed by atoms with Gasteiger partial charge in [0, 0.05) is 18.8 Å². The fourth-order valence-electron chi connectivity index (χ4n) is 1.53. The topological polar surface area (TPSA) is 94.3 Å². The van der Waals surface area contributed by atoms with Crippen molar-refractivity contribution in [2.24, 2.45) is 5.73 Å². The molecule has 1 aliphatic heterocycles. The van der Waals surface area contributed by atoms with Crippen LogP contribution in [0.5, 0.6) is 0 Å². The molecule has 1 aromatic heterocycles. The van der Waals surface area contributed by atoms with Crippen LogP contribution >= 0.6 is 0 Å². The van der Waals surface area contributed by atoms with Crippen molar-refractivity contribution < 1.29 is 14.3 Å². The largest absolute Gasteiger partial charge is 0.377 e. The lowest BCUT2D eigenvalue weighted by Gasteiger charge is -2.36. The Labute approximate surface area is 98.2 Å². The Morgan fingerprint density at radius 1 is 1.53 bits per heavy atom. The molecule has 6 nitrogen and oxygen atoms in total. The van der Waals surface area contributed by atoms with E-state index in [9.17, 15) is 9.59 Å². The van der Waals surface area contributed by atoms with Gasteiger partial charge in [-0.15, -0.1) is 0 Å². The first-order valence-corrected chi connectivity index (χ1v) is 5.20. The molecule has 1 aromatic rings. The van der Waals surface area contributed by atoms with Gasteiger partial charge in [0.05, 0.1) is 24.3 Å². The second kappa shape index (κ2) is 4.60. The predicted molar refractivity (Wildman–Crippen MR) is 59.1 cm³/mol. The highest BCUT2D eigenvalue weighted by Gasteiger charge is 2.36. The second-order valence-corrected chi connectivity index (χ2v) is 4.15. The Kier molecular flexibility index (Phi) is 3.16. The van der Waals surface area contributed by atoms with Crippen LogP contribution in [0.25, 0.3) is 0 Å². The van der Waals surface area contributed by atoms with Crippen LogP contribution in [0, 0.1) is 0 Å². The molecule has 17 heavy (non-hydrogen) atoms. The molecule has 6 heteroatoms. The van der Waals surface area contributed by atoms with Crippen molar-refractivity contribution in [2.75, 3.05) is 13.2 Å². The summed E-state index contributed by atoms with van der Waals surface area (Å²) in [6.45, 7) is 0.697. The number of pyridine rings is 1. The Bertz CT molecular complexity index is 429. The summed E-state index contributed by atoms with van der Waals surface area (Å²) in [5, 5.41) is 2.27. The molecule has 0 aromatic carbocycles. The molecule has 0 spiro atoms. The zero-order valence-electron chi connectivity index (χ0n) is 9.18. The highest BCUT2D eigenvalue weighted by Crippen LogP contribution is 2.17. The van der Waals surface area contributed by atoms with Crippen molar-refractivity contribution in [3.05, 3.63) is 30.1 Å². The first kappa shape index (κ1) is 11.7. The first-order chi connectivity index (χ1) is 8.09. The molecule has 2 amide bonds. The molecular formula is C11H13N3O3. The Hall–Kier alpha value is -1.79. The van der Waals surface area contributed by atoms with Gasteiger partial charge in [0.1, 0.15) is 0 Å². The molecule has 0 atom stereocenters. The minimum absolute atomic E-state index is 0.0823. The quantitative estimate of drug-likeness (QED) is 0.733.